The van der Waals surface area contributed by atoms with Gasteiger partial charge in [0.25, 0.3) is 0 Å². The van der Waals surface area contributed by atoms with Crippen LogP contribution in [0.3, 0.4) is 0 Å². The number of hydrogen-bond donors (Lipinski definition) is 1. The zero-order valence-electron chi connectivity index (χ0n) is 9.95. The van der Waals surface area contributed by atoms with Gasteiger partial charge in [0.1, 0.15) is 0 Å². The number of benzene rings is 1. The molecule has 1 aliphatic rings. The first-order chi connectivity index (χ1) is 8.47. The van der Waals surface area contributed by atoms with E-state index >= 15 is 0 Å². The van der Waals surface area contributed by atoms with E-state index in [-0.39, 0.29) is 6.10 Å². The maximum atomic E-state index is 12.8. The Hall–Kier alpha value is -1.07. The largest absolute Gasteiger partial charge is 0.416 e. The molecule has 2 nitrogen and oxygen atoms in total. The van der Waals surface area contributed by atoms with Crippen LogP contribution >= 0.6 is 0 Å². The fraction of sp³-hybridized carbons (Fsp3) is 0.538. The molecule has 1 aliphatic heterocycles. The van der Waals surface area contributed by atoms with E-state index in [0.717, 1.165) is 6.07 Å². The van der Waals surface area contributed by atoms with Crippen LogP contribution in [0.4, 0.5) is 13.2 Å². The van der Waals surface area contributed by atoms with Crippen molar-refractivity contribution in [3.8, 4) is 0 Å². The third kappa shape index (κ3) is 3.23. The van der Waals surface area contributed by atoms with E-state index < -0.39 is 11.7 Å². The summed E-state index contributed by atoms with van der Waals surface area (Å²) >= 11 is 0. The molecule has 1 heterocycles. The number of alkyl halides is 3. The summed E-state index contributed by atoms with van der Waals surface area (Å²) in [6.07, 6.45) is -3.34. The molecular formula is C13H16F3NO. The van der Waals surface area contributed by atoms with E-state index in [1.54, 1.807) is 6.07 Å². The molecule has 0 unspecified atom stereocenters. The fourth-order valence-corrected chi connectivity index (χ4v) is 2.25. The summed E-state index contributed by atoms with van der Waals surface area (Å²) in [7, 11) is 0. The second kappa shape index (κ2) is 5.28. The highest BCUT2D eigenvalue weighted by Gasteiger charge is 2.33. The second-order valence-corrected chi connectivity index (χ2v) is 4.66. The number of aliphatic hydroxyl groups is 1. The van der Waals surface area contributed by atoms with Gasteiger partial charge in [0.15, 0.2) is 0 Å². The van der Waals surface area contributed by atoms with Gasteiger partial charge in [-0.15, -0.1) is 0 Å². The number of hydrogen-bond acceptors (Lipinski definition) is 2. The van der Waals surface area contributed by atoms with Gasteiger partial charge in [-0.3, -0.25) is 4.90 Å². The van der Waals surface area contributed by atoms with E-state index in [2.05, 4.69) is 0 Å². The lowest BCUT2D eigenvalue weighted by Gasteiger charge is -2.30. The first kappa shape index (κ1) is 13.4. The number of nitrogens with zero attached hydrogens (tertiary/aromatic N) is 1. The van der Waals surface area contributed by atoms with Gasteiger partial charge in [-0.1, -0.05) is 18.2 Å². The molecular weight excluding hydrogens is 243 g/mol. The highest BCUT2D eigenvalue weighted by molar-refractivity contribution is 5.29. The quantitative estimate of drug-likeness (QED) is 0.882. The lowest BCUT2D eigenvalue weighted by Crippen LogP contribution is -2.35. The molecule has 0 radical (unpaired) electrons. The molecule has 1 saturated heterocycles. The van der Waals surface area contributed by atoms with E-state index in [1.165, 1.54) is 12.1 Å². The smallest absolute Gasteiger partial charge is 0.393 e. The minimum Gasteiger partial charge on any atom is -0.393 e. The maximum Gasteiger partial charge on any atom is 0.416 e. The van der Waals surface area contributed by atoms with Gasteiger partial charge in [0, 0.05) is 19.6 Å². The van der Waals surface area contributed by atoms with Crippen molar-refractivity contribution >= 4 is 0 Å². The zero-order valence-corrected chi connectivity index (χ0v) is 9.95. The van der Waals surface area contributed by atoms with E-state index in [0.29, 0.717) is 38.0 Å². The summed E-state index contributed by atoms with van der Waals surface area (Å²) in [5.74, 6) is 0. The van der Waals surface area contributed by atoms with Gasteiger partial charge in [-0.2, -0.15) is 13.2 Å². The predicted molar refractivity (Wildman–Crippen MR) is 62.0 cm³/mol. The Balaban J connectivity index is 2.10. The van der Waals surface area contributed by atoms with Gasteiger partial charge in [-0.25, -0.2) is 0 Å². The normalized spacial score (nSPS) is 19.1. The Morgan fingerprint density at radius 2 is 1.78 bits per heavy atom. The van der Waals surface area contributed by atoms with Crippen LogP contribution in [0.15, 0.2) is 24.3 Å². The molecule has 2 rings (SSSR count). The SMILES string of the molecule is OC1CCN(Cc2ccccc2C(F)(F)F)CC1. The van der Waals surface area contributed by atoms with Crippen LogP contribution in [0.5, 0.6) is 0 Å². The molecule has 1 aromatic rings. The zero-order chi connectivity index (χ0) is 13.2. The summed E-state index contributed by atoms with van der Waals surface area (Å²) in [5.41, 5.74) is -0.252. The van der Waals surface area contributed by atoms with E-state index in [1.807, 2.05) is 4.90 Å². The Kier molecular flexibility index (Phi) is 3.92. The topological polar surface area (TPSA) is 23.5 Å². The first-order valence-corrected chi connectivity index (χ1v) is 6.02. The third-order valence-corrected chi connectivity index (χ3v) is 3.27. The van der Waals surface area contributed by atoms with E-state index in [9.17, 15) is 18.3 Å². The summed E-state index contributed by atoms with van der Waals surface area (Å²) in [5, 5.41) is 9.37. The number of likely N-dealkylation sites (tertiary alicyclic amines) is 1. The third-order valence-electron chi connectivity index (χ3n) is 3.27. The molecule has 0 aromatic heterocycles. The maximum absolute atomic E-state index is 12.8. The summed E-state index contributed by atoms with van der Waals surface area (Å²) in [6, 6.07) is 5.68. The van der Waals surface area contributed by atoms with Gasteiger partial charge >= 0.3 is 6.18 Å². The summed E-state index contributed by atoms with van der Waals surface area (Å²) in [4.78, 5) is 1.96. The standard InChI is InChI=1S/C13H16F3NO/c14-13(15,16)12-4-2-1-3-10(12)9-17-7-5-11(18)6-8-17/h1-4,11,18H,5-9H2. The van der Waals surface area contributed by atoms with Gasteiger partial charge in [0.2, 0.25) is 0 Å². The van der Waals surface area contributed by atoms with Crippen LogP contribution in [0.2, 0.25) is 0 Å². The van der Waals surface area contributed by atoms with Crippen molar-refractivity contribution in [2.24, 2.45) is 0 Å². The molecule has 0 spiro atoms. The number of piperidine rings is 1. The highest BCUT2D eigenvalue weighted by atomic mass is 19.4. The Labute approximate surface area is 104 Å². The van der Waals surface area contributed by atoms with Crippen LogP contribution in [-0.4, -0.2) is 29.2 Å². The molecule has 0 saturated carbocycles. The average molecular weight is 259 g/mol. The van der Waals surface area contributed by atoms with Crippen LogP contribution in [0, 0.1) is 0 Å². The number of rotatable bonds is 2. The highest BCUT2D eigenvalue weighted by Crippen LogP contribution is 2.32. The number of halogens is 3. The first-order valence-electron chi connectivity index (χ1n) is 6.02. The Bertz CT molecular complexity index is 397. The van der Waals surface area contributed by atoms with E-state index in [4.69, 9.17) is 0 Å². The molecule has 0 atom stereocenters. The second-order valence-electron chi connectivity index (χ2n) is 4.66. The Morgan fingerprint density at radius 1 is 1.17 bits per heavy atom. The van der Waals surface area contributed by atoms with Gasteiger partial charge in [0.05, 0.1) is 11.7 Å². The molecule has 1 aromatic carbocycles. The predicted octanol–water partition coefficient (Wildman–Crippen LogP) is 2.66. The van der Waals surface area contributed by atoms with Crippen molar-refractivity contribution in [2.45, 2.75) is 31.7 Å². The van der Waals surface area contributed by atoms with Crippen LogP contribution in [0.25, 0.3) is 0 Å². The molecule has 0 amide bonds. The van der Waals surface area contributed by atoms with Crippen molar-refractivity contribution in [1.82, 2.24) is 4.90 Å². The van der Waals surface area contributed by atoms with Crippen LogP contribution in [0.1, 0.15) is 24.0 Å². The van der Waals surface area contributed by atoms with Crippen molar-refractivity contribution in [2.75, 3.05) is 13.1 Å². The van der Waals surface area contributed by atoms with Gasteiger partial charge in [-0.05, 0) is 24.5 Å². The van der Waals surface area contributed by atoms with Crippen LogP contribution < -0.4 is 0 Å². The fourth-order valence-electron chi connectivity index (χ4n) is 2.25. The van der Waals surface area contributed by atoms with Crippen molar-refractivity contribution in [3.05, 3.63) is 35.4 Å². The lowest BCUT2D eigenvalue weighted by atomic mass is 10.0. The van der Waals surface area contributed by atoms with Crippen molar-refractivity contribution < 1.29 is 18.3 Å². The average Bonchev–Trinajstić information content (AvgIpc) is 2.31. The van der Waals surface area contributed by atoms with Crippen molar-refractivity contribution in [1.29, 1.82) is 0 Å². The lowest BCUT2D eigenvalue weighted by molar-refractivity contribution is -0.138. The molecule has 5 heteroatoms. The molecule has 18 heavy (non-hydrogen) atoms. The number of aliphatic hydroxyl groups excluding tert-OH is 1. The van der Waals surface area contributed by atoms with Crippen molar-refractivity contribution in [3.63, 3.8) is 0 Å². The molecule has 0 bridgehead atoms. The molecule has 1 fully saturated rings. The minimum atomic E-state index is -4.30. The minimum absolute atomic E-state index is 0.294. The van der Waals surface area contributed by atoms with Gasteiger partial charge < -0.3 is 5.11 Å². The molecule has 0 aliphatic carbocycles. The Morgan fingerprint density at radius 3 is 2.39 bits per heavy atom. The molecule has 100 valence electrons. The summed E-state index contributed by atoms with van der Waals surface area (Å²) < 4.78 is 38.4. The molecule has 1 N–H and O–H groups in total. The monoisotopic (exact) mass is 259 g/mol. The summed E-state index contributed by atoms with van der Waals surface area (Å²) in [6.45, 7) is 1.59. The van der Waals surface area contributed by atoms with Crippen LogP contribution in [-0.2, 0) is 12.7 Å².